The average Bonchev–Trinajstić information content (AvgIpc) is 2.43. The highest BCUT2D eigenvalue weighted by atomic mass is 35.5. The van der Waals surface area contributed by atoms with Crippen LogP contribution >= 0.6 is 11.6 Å². The van der Waals surface area contributed by atoms with Crippen LogP contribution in [0.15, 0.2) is 18.2 Å². The van der Waals surface area contributed by atoms with Gasteiger partial charge < -0.3 is 9.47 Å². The molecule has 0 aliphatic rings. The molecule has 0 fully saturated rings. The number of rotatable bonds is 8. The minimum Gasteiger partial charge on any atom is -0.497 e. The van der Waals surface area contributed by atoms with E-state index in [4.69, 9.17) is 21.1 Å². The van der Waals surface area contributed by atoms with Gasteiger partial charge in [-0.15, -0.1) is 11.6 Å². The Morgan fingerprint density at radius 3 is 2.55 bits per heavy atom. The van der Waals surface area contributed by atoms with Gasteiger partial charge in [-0.3, -0.25) is 0 Å². The summed E-state index contributed by atoms with van der Waals surface area (Å²) in [5.74, 6) is 1.57. The maximum Gasteiger partial charge on any atom is 0.212 e. The van der Waals surface area contributed by atoms with Crippen molar-refractivity contribution in [2.75, 3.05) is 25.9 Å². The Balaban J connectivity index is 2.89. The summed E-state index contributed by atoms with van der Waals surface area (Å²) in [5, 5.41) is 0. The summed E-state index contributed by atoms with van der Waals surface area (Å²) in [7, 11) is -0.256. The van der Waals surface area contributed by atoms with Crippen LogP contribution in [0.5, 0.6) is 11.5 Å². The topological polar surface area (TPSA) is 64.6 Å². The van der Waals surface area contributed by atoms with Crippen LogP contribution in [0.3, 0.4) is 0 Å². The quantitative estimate of drug-likeness (QED) is 0.746. The fourth-order valence-electron chi connectivity index (χ4n) is 1.81. The Hall–Kier alpha value is -0.980. The highest BCUT2D eigenvalue weighted by Gasteiger charge is 2.18. The standard InChI is InChI=1S/C13H20ClNO4S/c1-10(15-20(16,17)8-4-7-14)12-6-5-11(18-2)9-13(12)19-3/h5-6,9-10,15H,4,7-8H2,1-3H3. The second-order valence-electron chi connectivity index (χ2n) is 4.31. The summed E-state index contributed by atoms with van der Waals surface area (Å²) in [6.07, 6.45) is 0.420. The van der Waals surface area contributed by atoms with Crippen molar-refractivity contribution in [3.05, 3.63) is 23.8 Å². The summed E-state index contributed by atoms with van der Waals surface area (Å²) in [6, 6.07) is 4.88. The Morgan fingerprint density at radius 2 is 2.00 bits per heavy atom. The molecule has 114 valence electrons. The Labute approximate surface area is 125 Å². The first-order valence-corrected chi connectivity index (χ1v) is 8.40. The smallest absolute Gasteiger partial charge is 0.212 e. The second-order valence-corrected chi connectivity index (χ2v) is 6.56. The molecule has 0 amide bonds. The predicted octanol–water partition coefficient (Wildman–Crippen LogP) is 2.31. The predicted molar refractivity (Wildman–Crippen MR) is 80.2 cm³/mol. The molecule has 1 rings (SSSR count). The van der Waals surface area contributed by atoms with Crippen molar-refractivity contribution in [3.8, 4) is 11.5 Å². The summed E-state index contributed by atoms with van der Waals surface area (Å²) in [5.41, 5.74) is 0.753. The lowest BCUT2D eigenvalue weighted by Gasteiger charge is -2.18. The summed E-state index contributed by atoms with van der Waals surface area (Å²) >= 11 is 5.52. The maximum atomic E-state index is 11.9. The van der Waals surface area contributed by atoms with E-state index >= 15 is 0 Å². The number of hydrogen-bond donors (Lipinski definition) is 1. The van der Waals surface area contributed by atoms with Crippen molar-refractivity contribution in [2.24, 2.45) is 0 Å². The normalized spacial score (nSPS) is 13.0. The second kappa shape index (κ2) is 7.71. The molecule has 0 aliphatic carbocycles. The molecule has 0 saturated carbocycles. The molecule has 0 radical (unpaired) electrons. The van der Waals surface area contributed by atoms with Gasteiger partial charge >= 0.3 is 0 Å². The van der Waals surface area contributed by atoms with Gasteiger partial charge in [0.05, 0.1) is 20.0 Å². The fraction of sp³-hybridized carbons (Fsp3) is 0.538. The van der Waals surface area contributed by atoms with Gasteiger partial charge in [-0.2, -0.15) is 0 Å². The SMILES string of the molecule is COc1ccc(C(C)NS(=O)(=O)CCCCl)c(OC)c1. The molecule has 0 spiro atoms. The highest BCUT2D eigenvalue weighted by Crippen LogP contribution is 2.29. The zero-order chi connectivity index (χ0) is 15.2. The van der Waals surface area contributed by atoms with Gasteiger partial charge in [0.1, 0.15) is 11.5 Å². The first-order valence-electron chi connectivity index (χ1n) is 6.21. The molecule has 0 aliphatic heterocycles. The minimum absolute atomic E-state index is 0.0132. The Kier molecular flexibility index (Phi) is 6.58. The van der Waals surface area contributed by atoms with Crippen LogP contribution in [0, 0.1) is 0 Å². The third-order valence-corrected chi connectivity index (χ3v) is 4.62. The van der Waals surface area contributed by atoms with Crippen molar-refractivity contribution in [2.45, 2.75) is 19.4 Å². The van der Waals surface area contributed by atoms with Gasteiger partial charge in [0.15, 0.2) is 0 Å². The van der Waals surface area contributed by atoms with Gasteiger partial charge in [0, 0.05) is 23.6 Å². The number of nitrogens with one attached hydrogen (secondary N) is 1. The summed E-state index contributed by atoms with van der Waals surface area (Å²) in [6.45, 7) is 1.77. The van der Waals surface area contributed by atoms with Gasteiger partial charge in [-0.1, -0.05) is 6.07 Å². The van der Waals surface area contributed by atoms with Gasteiger partial charge in [0.25, 0.3) is 0 Å². The van der Waals surface area contributed by atoms with E-state index in [0.29, 0.717) is 23.8 Å². The van der Waals surface area contributed by atoms with E-state index < -0.39 is 16.1 Å². The molecule has 5 nitrogen and oxygen atoms in total. The van der Waals surface area contributed by atoms with Crippen LogP contribution in [0.4, 0.5) is 0 Å². The summed E-state index contributed by atoms with van der Waals surface area (Å²) < 4.78 is 36.7. The number of methoxy groups -OCH3 is 2. The highest BCUT2D eigenvalue weighted by molar-refractivity contribution is 7.89. The van der Waals surface area contributed by atoms with E-state index in [9.17, 15) is 8.42 Å². The Morgan fingerprint density at radius 1 is 1.30 bits per heavy atom. The largest absolute Gasteiger partial charge is 0.497 e. The van der Waals surface area contributed by atoms with Crippen molar-refractivity contribution in [1.82, 2.24) is 4.72 Å². The average molecular weight is 322 g/mol. The molecule has 1 atom stereocenters. The number of halogens is 1. The maximum absolute atomic E-state index is 11.9. The van der Waals surface area contributed by atoms with E-state index in [1.54, 1.807) is 32.2 Å². The van der Waals surface area contributed by atoms with Crippen molar-refractivity contribution in [1.29, 1.82) is 0 Å². The van der Waals surface area contributed by atoms with Crippen molar-refractivity contribution >= 4 is 21.6 Å². The van der Waals surface area contributed by atoms with Crippen LogP contribution < -0.4 is 14.2 Å². The zero-order valence-corrected chi connectivity index (χ0v) is 13.4. The lowest BCUT2D eigenvalue weighted by molar-refractivity contribution is 0.388. The minimum atomic E-state index is -3.35. The van der Waals surface area contributed by atoms with Gasteiger partial charge in [-0.05, 0) is 19.4 Å². The van der Waals surface area contributed by atoms with Crippen LogP contribution in [0.2, 0.25) is 0 Å². The third kappa shape index (κ3) is 4.85. The fourth-order valence-corrected chi connectivity index (χ4v) is 3.41. The molecule has 1 unspecified atom stereocenters. The van der Waals surface area contributed by atoms with Gasteiger partial charge in [-0.25, -0.2) is 13.1 Å². The number of hydrogen-bond acceptors (Lipinski definition) is 4. The zero-order valence-electron chi connectivity index (χ0n) is 11.8. The van der Waals surface area contributed by atoms with E-state index in [1.807, 2.05) is 0 Å². The Bertz CT molecular complexity index is 533. The lowest BCUT2D eigenvalue weighted by Crippen LogP contribution is -2.29. The molecule has 0 aromatic heterocycles. The number of alkyl halides is 1. The number of benzene rings is 1. The molecule has 20 heavy (non-hydrogen) atoms. The molecule has 0 heterocycles. The molecular formula is C13H20ClNO4S. The molecule has 7 heteroatoms. The number of sulfonamides is 1. The molecule has 1 N–H and O–H groups in total. The van der Waals surface area contributed by atoms with E-state index in [1.165, 1.54) is 7.11 Å². The summed E-state index contributed by atoms with van der Waals surface area (Å²) in [4.78, 5) is 0. The van der Waals surface area contributed by atoms with Crippen LogP contribution in [-0.4, -0.2) is 34.3 Å². The molecule has 0 saturated heterocycles. The third-order valence-electron chi connectivity index (χ3n) is 2.81. The van der Waals surface area contributed by atoms with E-state index in [2.05, 4.69) is 4.72 Å². The van der Waals surface area contributed by atoms with Crippen LogP contribution in [-0.2, 0) is 10.0 Å². The van der Waals surface area contributed by atoms with Crippen molar-refractivity contribution in [3.63, 3.8) is 0 Å². The molecule has 0 bridgehead atoms. The van der Waals surface area contributed by atoms with E-state index in [0.717, 1.165) is 5.56 Å². The monoisotopic (exact) mass is 321 g/mol. The molecule has 1 aromatic carbocycles. The first kappa shape index (κ1) is 17.1. The number of ether oxygens (including phenoxy) is 2. The van der Waals surface area contributed by atoms with E-state index in [-0.39, 0.29) is 5.75 Å². The van der Waals surface area contributed by atoms with Crippen molar-refractivity contribution < 1.29 is 17.9 Å². The molecule has 1 aromatic rings. The lowest BCUT2D eigenvalue weighted by atomic mass is 10.1. The van der Waals surface area contributed by atoms with Crippen LogP contribution in [0.25, 0.3) is 0 Å². The van der Waals surface area contributed by atoms with Crippen LogP contribution in [0.1, 0.15) is 24.9 Å². The van der Waals surface area contributed by atoms with Gasteiger partial charge in [0.2, 0.25) is 10.0 Å². The molecular weight excluding hydrogens is 302 g/mol. The first-order chi connectivity index (χ1) is 9.43.